The van der Waals surface area contributed by atoms with E-state index in [1.165, 1.54) is 115 Å². The molecule has 1 aromatic carbocycles. The van der Waals surface area contributed by atoms with Crippen LogP contribution in [-0.2, 0) is 0 Å². The van der Waals surface area contributed by atoms with E-state index in [1.807, 2.05) is 0 Å². The Balaban J connectivity index is 1.31. The first kappa shape index (κ1) is 26.5. The third-order valence-electron chi connectivity index (χ3n) is 8.97. The predicted molar refractivity (Wildman–Crippen MR) is 143 cm³/mol. The highest BCUT2D eigenvalue weighted by molar-refractivity contribution is 5.96. The minimum atomic E-state index is 0.356. The molecule has 0 aliphatic heterocycles. The molecule has 33 heavy (non-hydrogen) atoms. The largest absolute Gasteiger partial charge is 0.294 e. The summed E-state index contributed by atoms with van der Waals surface area (Å²) in [6.45, 7) is 4.60. The third kappa shape index (κ3) is 9.22. The molecule has 2 aliphatic carbocycles. The van der Waals surface area contributed by atoms with Gasteiger partial charge in [-0.3, -0.25) is 4.79 Å². The zero-order valence-corrected chi connectivity index (χ0v) is 22.0. The lowest BCUT2D eigenvalue weighted by Gasteiger charge is -2.29. The molecule has 0 atom stereocenters. The number of hydrogen-bond donors (Lipinski definition) is 0. The summed E-state index contributed by atoms with van der Waals surface area (Å²) in [5.74, 6) is 3.90. The number of ketones is 1. The summed E-state index contributed by atoms with van der Waals surface area (Å²) in [6.07, 6.45) is 25.4. The van der Waals surface area contributed by atoms with Crippen LogP contribution in [0.3, 0.4) is 0 Å². The van der Waals surface area contributed by atoms with Crippen LogP contribution in [0, 0.1) is 17.8 Å². The van der Waals surface area contributed by atoms with Gasteiger partial charge in [-0.1, -0.05) is 122 Å². The summed E-state index contributed by atoms with van der Waals surface area (Å²) in [5.41, 5.74) is 2.40. The van der Waals surface area contributed by atoms with Crippen molar-refractivity contribution in [3.8, 4) is 0 Å². The summed E-state index contributed by atoms with van der Waals surface area (Å²) < 4.78 is 0. The molecule has 0 unspecified atom stereocenters. The zero-order valence-electron chi connectivity index (χ0n) is 22.0. The fraction of sp³-hybridized carbons (Fsp3) is 0.781. The van der Waals surface area contributed by atoms with Gasteiger partial charge in [0.2, 0.25) is 0 Å². The van der Waals surface area contributed by atoms with Crippen LogP contribution in [0.4, 0.5) is 0 Å². The van der Waals surface area contributed by atoms with Crippen LogP contribution in [-0.4, -0.2) is 5.78 Å². The first-order valence-electron chi connectivity index (χ1n) is 14.8. The standard InChI is InChI=1S/C32H52O/c1-3-5-7-10-26-14-16-28(17-15-26)12-9-13-32(33)31-24-22-30(23-25-31)29-20-18-27(19-21-29)11-8-6-4-2/h22-29H,3-21H2,1-2H3/t26-,27-,28-,29-. The third-order valence-corrected chi connectivity index (χ3v) is 8.97. The maximum Gasteiger partial charge on any atom is 0.162 e. The second-order valence-electron chi connectivity index (χ2n) is 11.5. The van der Waals surface area contributed by atoms with Gasteiger partial charge in [-0.2, -0.15) is 0 Å². The molecule has 1 aromatic rings. The predicted octanol–water partition coefficient (Wildman–Crippen LogP) is 10.3. The number of carbonyl (C=O) groups excluding carboxylic acids is 1. The van der Waals surface area contributed by atoms with Crippen molar-refractivity contribution in [3.63, 3.8) is 0 Å². The van der Waals surface area contributed by atoms with Crippen LogP contribution in [0.2, 0.25) is 0 Å². The topological polar surface area (TPSA) is 17.1 Å². The number of benzene rings is 1. The first-order chi connectivity index (χ1) is 16.2. The van der Waals surface area contributed by atoms with E-state index in [1.54, 1.807) is 0 Å². The summed E-state index contributed by atoms with van der Waals surface area (Å²) in [4.78, 5) is 12.7. The van der Waals surface area contributed by atoms with E-state index < -0.39 is 0 Å². The maximum atomic E-state index is 12.7. The quantitative estimate of drug-likeness (QED) is 0.203. The first-order valence-corrected chi connectivity index (χ1v) is 14.8. The van der Waals surface area contributed by atoms with Gasteiger partial charge >= 0.3 is 0 Å². The Labute approximate surface area is 205 Å². The Kier molecular flexibility index (Phi) is 12.0. The molecule has 0 heterocycles. The summed E-state index contributed by atoms with van der Waals surface area (Å²) in [5, 5.41) is 0. The minimum absolute atomic E-state index is 0.356. The number of rotatable bonds is 14. The molecule has 2 saturated carbocycles. The van der Waals surface area contributed by atoms with Crippen molar-refractivity contribution >= 4 is 5.78 Å². The van der Waals surface area contributed by atoms with Crippen molar-refractivity contribution in [2.24, 2.45) is 17.8 Å². The van der Waals surface area contributed by atoms with E-state index in [9.17, 15) is 4.79 Å². The summed E-state index contributed by atoms with van der Waals surface area (Å²) in [7, 11) is 0. The lowest BCUT2D eigenvalue weighted by atomic mass is 9.77. The van der Waals surface area contributed by atoms with Gasteiger partial charge < -0.3 is 0 Å². The Morgan fingerprint density at radius 1 is 0.636 bits per heavy atom. The minimum Gasteiger partial charge on any atom is -0.294 e. The van der Waals surface area contributed by atoms with Crippen LogP contribution < -0.4 is 0 Å². The van der Waals surface area contributed by atoms with Crippen LogP contribution in [0.1, 0.15) is 158 Å². The van der Waals surface area contributed by atoms with Crippen molar-refractivity contribution in [2.75, 3.05) is 0 Å². The van der Waals surface area contributed by atoms with Crippen LogP contribution in [0.5, 0.6) is 0 Å². The van der Waals surface area contributed by atoms with Crippen LogP contribution in [0.25, 0.3) is 0 Å². The molecule has 0 saturated heterocycles. The Hall–Kier alpha value is -1.11. The molecular formula is C32H52O. The lowest BCUT2D eigenvalue weighted by Crippen LogP contribution is -2.15. The highest BCUT2D eigenvalue weighted by atomic mass is 16.1. The van der Waals surface area contributed by atoms with Gasteiger partial charge in [0.25, 0.3) is 0 Å². The molecule has 2 aliphatic rings. The number of hydrogen-bond acceptors (Lipinski definition) is 1. The molecule has 0 bridgehead atoms. The van der Waals surface area contributed by atoms with Gasteiger partial charge in [-0.05, 0) is 61.3 Å². The number of carbonyl (C=O) groups is 1. The second kappa shape index (κ2) is 15.0. The van der Waals surface area contributed by atoms with Crippen molar-refractivity contribution in [3.05, 3.63) is 35.4 Å². The van der Waals surface area contributed by atoms with Crippen molar-refractivity contribution < 1.29 is 4.79 Å². The van der Waals surface area contributed by atoms with E-state index in [2.05, 4.69) is 38.1 Å². The normalized spacial score (nSPS) is 25.8. The van der Waals surface area contributed by atoms with Crippen LogP contribution >= 0.6 is 0 Å². The van der Waals surface area contributed by atoms with Crippen LogP contribution in [0.15, 0.2) is 24.3 Å². The Morgan fingerprint density at radius 2 is 1.09 bits per heavy atom. The molecule has 0 N–H and O–H groups in total. The van der Waals surface area contributed by atoms with E-state index >= 15 is 0 Å². The molecule has 1 nitrogen and oxygen atoms in total. The Morgan fingerprint density at radius 3 is 1.58 bits per heavy atom. The number of Topliss-reactive ketones (excluding diaryl/α,β-unsaturated/α-hetero) is 1. The molecule has 2 fully saturated rings. The van der Waals surface area contributed by atoms with Gasteiger partial charge in [0.15, 0.2) is 5.78 Å². The Bertz CT molecular complexity index is 644. The molecule has 3 rings (SSSR count). The molecule has 0 aromatic heterocycles. The summed E-state index contributed by atoms with van der Waals surface area (Å²) >= 11 is 0. The maximum absolute atomic E-state index is 12.7. The zero-order chi connectivity index (χ0) is 23.3. The van der Waals surface area contributed by atoms with E-state index in [0.29, 0.717) is 11.7 Å². The van der Waals surface area contributed by atoms with E-state index in [0.717, 1.165) is 36.2 Å². The van der Waals surface area contributed by atoms with Gasteiger partial charge in [0.05, 0.1) is 0 Å². The van der Waals surface area contributed by atoms with E-state index in [-0.39, 0.29) is 0 Å². The molecular weight excluding hydrogens is 400 g/mol. The second-order valence-corrected chi connectivity index (χ2v) is 11.5. The molecule has 186 valence electrons. The fourth-order valence-electron chi connectivity index (χ4n) is 6.60. The number of unbranched alkanes of at least 4 members (excludes halogenated alkanes) is 4. The lowest BCUT2D eigenvalue weighted by molar-refractivity contribution is 0.0975. The van der Waals surface area contributed by atoms with Gasteiger partial charge in [-0.25, -0.2) is 0 Å². The highest BCUT2D eigenvalue weighted by Gasteiger charge is 2.23. The molecule has 0 spiro atoms. The highest BCUT2D eigenvalue weighted by Crippen LogP contribution is 2.38. The molecule has 0 radical (unpaired) electrons. The van der Waals surface area contributed by atoms with Crippen molar-refractivity contribution in [2.45, 2.75) is 142 Å². The monoisotopic (exact) mass is 452 g/mol. The van der Waals surface area contributed by atoms with Crippen molar-refractivity contribution in [1.29, 1.82) is 0 Å². The summed E-state index contributed by atoms with van der Waals surface area (Å²) in [6, 6.07) is 8.75. The molecule has 0 amide bonds. The smallest absolute Gasteiger partial charge is 0.162 e. The SMILES string of the molecule is CCCCC[C@H]1CC[C@H](CCCC(=O)c2ccc([C@H]3CC[C@H](CCCCC)CC3)cc2)CC1. The van der Waals surface area contributed by atoms with Gasteiger partial charge in [-0.15, -0.1) is 0 Å². The van der Waals surface area contributed by atoms with Gasteiger partial charge in [0.1, 0.15) is 0 Å². The fourth-order valence-corrected chi connectivity index (χ4v) is 6.60. The average molecular weight is 453 g/mol. The van der Waals surface area contributed by atoms with E-state index in [4.69, 9.17) is 0 Å². The van der Waals surface area contributed by atoms with Gasteiger partial charge in [0, 0.05) is 12.0 Å². The van der Waals surface area contributed by atoms with Crippen molar-refractivity contribution in [1.82, 2.24) is 0 Å². The molecule has 1 heteroatoms. The average Bonchev–Trinajstić information content (AvgIpc) is 2.86.